The maximum absolute atomic E-state index is 10.2. The minimum absolute atomic E-state index is 0.356. The maximum atomic E-state index is 10.2. The minimum atomic E-state index is -1.30. The van der Waals surface area contributed by atoms with Crippen molar-refractivity contribution in [2.45, 2.75) is 19.8 Å². The lowest BCUT2D eigenvalue weighted by atomic mass is 10.3. The molecular formula is C15H21NO6. The zero-order valence-electron chi connectivity index (χ0n) is 12.4. The van der Waals surface area contributed by atoms with Gasteiger partial charge in [0.25, 0.3) is 0 Å². The van der Waals surface area contributed by atoms with Crippen LogP contribution >= 0.6 is 0 Å². The van der Waals surface area contributed by atoms with Crippen molar-refractivity contribution in [3.8, 4) is 5.75 Å². The summed E-state index contributed by atoms with van der Waals surface area (Å²) in [6.07, 6.45) is 1.70. The number of nitrogens with two attached hydrogens (primary N) is 1. The number of rotatable bonds is 7. The Labute approximate surface area is 129 Å². The number of carboxylic acids is 1. The molecule has 0 heterocycles. The number of hydrogen-bond donors (Lipinski definition) is 3. The number of amides is 1. The van der Waals surface area contributed by atoms with Gasteiger partial charge in [-0.25, -0.2) is 9.59 Å². The van der Waals surface area contributed by atoms with Gasteiger partial charge in [0, 0.05) is 0 Å². The van der Waals surface area contributed by atoms with Gasteiger partial charge in [-0.3, -0.25) is 0 Å². The van der Waals surface area contributed by atoms with Crippen molar-refractivity contribution in [1.29, 1.82) is 0 Å². The van der Waals surface area contributed by atoms with Crippen LogP contribution in [0.2, 0.25) is 0 Å². The number of hydrogen-bond acceptors (Lipinski definition) is 5. The number of para-hydroxylation sites is 1. The number of benzene rings is 1. The molecule has 0 aromatic heterocycles. The molecule has 0 bridgehead atoms. The van der Waals surface area contributed by atoms with Crippen molar-refractivity contribution in [2.75, 3.05) is 13.2 Å². The molecule has 22 heavy (non-hydrogen) atoms. The van der Waals surface area contributed by atoms with Crippen molar-refractivity contribution < 1.29 is 29.3 Å². The topological polar surface area (TPSA) is 119 Å². The summed E-state index contributed by atoms with van der Waals surface area (Å²) >= 11 is 0. The first-order valence-corrected chi connectivity index (χ1v) is 6.69. The summed E-state index contributed by atoms with van der Waals surface area (Å²) < 4.78 is 9.57. The fourth-order valence-corrected chi connectivity index (χ4v) is 1.26. The van der Waals surface area contributed by atoms with Crippen LogP contribution in [-0.2, 0) is 9.53 Å². The predicted octanol–water partition coefficient (Wildman–Crippen LogP) is 2.47. The predicted molar refractivity (Wildman–Crippen MR) is 80.7 cm³/mol. The van der Waals surface area contributed by atoms with Gasteiger partial charge in [0.2, 0.25) is 0 Å². The lowest BCUT2D eigenvalue weighted by Gasteiger charge is -2.03. The van der Waals surface area contributed by atoms with Gasteiger partial charge in [0.15, 0.2) is 5.76 Å². The fraction of sp³-hybridized carbons (Fsp3) is 0.333. The molecule has 122 valence electrons. The van der Waals surface area contributed by atoms with Crippen molar-refractivity contribution in [3.05, 3.63) is 42.2 Å². The number of carboxylic acid groups (broad SMARTS) is 1. The van der Waals surface area contributed by atoms with Gasteiger partial charge in [-0.05, 0) is 38.0 Å². The lowest BCUT2D eigenvalue weighted by Crippen LogP contribution is -2.11. The van der Waals surface area contributed by atoms with E-state index in [-0.39, 0.29) is 0 Å². The standard InChI is InChI=1S/C12H14O4.C3H7NO2/c13-11(12(14)15)8-4-5-9-16-10-6-2-1-3-7-10;1-2-6-3(4)5/h1-3,6-8,13H,4-5,9H2,(H,14,15);2H2,1H3,(H2,4,5). The summed E-state index contributed by atoms with van der Waals surface area (Å²) in [7, 11) is 0. The first kappa shape index (κ1) is 19.3. The van der Waals surface area contributed by atoms with Crippen LogP contribution in [0.4, 0.5) is 4.79 Å². The van der Waals surface area contributed by atoms with E-state index in [1.807, 2.05) is 30.3 Å². The Morgan fingerprint density at radius 3 is 2.32 bits per heavy atom. The summed E-state index contributed by atoms with van der Waals surface area (Å²) in [6, 6.07) is 9.37. The van der Waals surface area contributed by atoms with Crippen molar-refractivity contribution in [2.24, 2.45) is 5.73 Å². The highest BCUT2D eigenvalue weighted by molar-refractivity contribution is 5.83. The molecule has 1 amide bonds. The molecule has 0 saturated heterocycles. The first-order valence-electron chi connectivity index (χ1n) is 6.69. The number of aliphatic hydroxyl groups is 1. The number of carbonyl (C=O) groups excluding carboxylic acids is 1. The first-order chi connectivity index (χ1) is 10.5. The van der Waals surface area contributed by atoms with Gasteiger partial charge in [-0.2, -0.15) is 0 Å². The van der Waals surface area contributed by atoms with E-state index in [1.54, 1.807) is 6.92 Å². The van der Waals surface area contributed by atoms with Gasteiger partial charge in [0.05, 0.1) is 13.2 Å². The number of carbonyl (C=O) groups is 2. The largest absolute Gasteiger partial charge is 0.502 e. The number of unbranched alkanes of at least 4 members (excludes halogenated alkanes) is 1. The highest BCUT2D eigenvalue weighted by Gasteiger charge is 2.01. The van der Waals surface area contributed by atoms with Crippen LogP contribution in [0.1, 0.15) is 19.8 Å². The molecule has 0 fully saturated rings. The molecule has 4 N–H and O–H groups in total. The van der Waals surface area contributed by atoms with Gasteiger partial charge in [0.1, 0.15) is 5.75 Å². The van der Waals surface area contributed by atoms with E-state index in [1.165, 1.54) is 6.08 Å². The molecule has 7 heteroatoms. The Kier molecular flexibility index (Phi) is 10.6. The highest BCUT2D eigenvalue weighted by atomic mass is 16.5. The number of allylic oxidation sites excluding steroid dienone is 1. The SMILES string of the molecule is CCOC(N)=O.O=C(O)C(O)=CCCCOc1ccccc1. The Hall–Kier alpha value is -2.70. The number of ether oxygens (including phenoxy) is 2. The van der Waals surface area contributed by atoms with Crippen LogP contribution < -0.4 is 10.5 Å². The second kappa shape index (κ2) is 12.1. The van der Waals surface area contributed by atoms with Crippen molar-refractivity contribution in [3.63, 3.8) is 0 Å². The third-order valence-corrected chi connectivity index (χ3v) is 2.20. The Morgan fingerprint density at radius 1 is 1.23 bits per heavy atom. The van der Waals surface area contributed by atoms with Crippen LogP contribution in [0, 0.1) is 0 Å². The molecule has 0 atom stereocenters. The van der Waals surface area contributed by atoms with E-state index in [2.05, 4.69) is 10.5 Å². The van der Waals surface area contributed by atoms with Crippen LogP contribution in [0.3, 0.4) is 0 Å². The minimum Gasteiger partial charge on any atom is -0.502 e. The molecule has 0 aliphatic heterocycles. The van der Waals surface area contributed by atoms with Crippen molar-refractivity contribution in [1.82, 2.24) is 0 Å². The van der Waals surface area contributed by atoms with Crippen LogP contribution in [0.5, 0.6) is 5.75 Å². The summed E-state index contributed by atoms with van der Waals surface area (Å²) in [5.41, 5.74) is 4.54. The fourth-order valence-electron chi connectivity index (χ4n) is 1.26. The molecule has 0 spiro atoms. The van der Waals surface area contributed by atoms with Gasteiger partial charge in [-0.1, -0.05) is 18.2 Å². The van der Waals surface area contributed by atoms with E-state index < -0.39 is 17.8 Å². The second-order valence-electron chi connectivity index (χ2n) is 3.95. The van der Waals surface area contributed by atoms with E-state index in [0.717, 1.165) is 5.75 Å². The smallest absolute Gasteiger partial charge is 0.404 e. The molecule has 0 radical (unpaired) electrons. The van der Waals surface area contributed by atoms with Gasteiger partial charge < -0.3 is 25.4 Å². The van der Waals surface area contributed by atoms with E-state index in [9.17, 15) is 9.59 Å². The van der Waals surface area contributed by atoms with E-state index >= 15 is 0 Å². The average Bonchev–Trinajstić information content (AvgIpc) is 2.48. The summed E-state index contributed by atoms with van der Waals surface area (Å²) in [6.45, 7) is 2.55. The maximum Gasteiger partial charge on any atom is 0.404 e. The monoisotopic (exact) mass is 311 g/mol. The van der Waals surface area contributed by atoms with Crippen molar-refractivity contribution >= 4 is 12.1 Å². The Bertz CT molecular complexity index is 472. The third-order valence-electron chi connectivity index (χ3n) is 2.20. The number of aliphatic hydroxyl groups excluding tert-OH is 1. The van der Waals surface area contributed by atoms with Gasteiger partial charge in [-0.15, -0.1) is 0 Å². The van der Waals surface area contributed by atoms with Gasteiger partial charge >= 0.3 is 12.1 Å². The lowest BCUT2D eigenvalue weighted by molar-refractivity contribution is -0.135. The molecule has 0 unspecified atom stereocenters. The zero-order valence-corrected chi connectivity index (χ0v) is 12.4. The molecule has 0 saturated carbocycles. The summed E-state index contributed by atoms with van der Waals surface area (Å²) in [5, 5.41) is 17.2. The normalized spacial score (nSPS) is 10.1. The Morgan fingerprint density at radius 2 is 1.86 bits per heavy atom. The molecule has 1 rings (SSSR count). The second-order valence-corrected chi connectivity index (χ2v) is 3.95. The molecule has 7 nitrogen and oxygen atoms in total. The molecule has 0 aliphatic carbocycles. The van der Waals surface area contributed by atoms with Crippen LogP contribution in [-0.4, -0.2) is 35.5 Å². The summed E-state index contributed by atoms with van der Waals surface area (Å²) in [5.74, 6) is -1.13. The zero-order chi connectivity index (χ0) is 16.8. The average molecular weight is 311 g/mol. The molecule has 1 aromatic carbocycles. The van der Waals surface area contributed by atoms with Crippen LogP contribution in [0.25, 0.3) is 0 Å². The highest BCUT2D eigenvalue weighted by Crippen LogP contribution is 2.09. The number of primary amides is 1. The summed E-state index contributed by atoms with van der Waals surface area (Å²) in [4.78, 5) is 19.8. The van der Waals surface area contributed by atoms with E-state index in [4.69, 9.17) is 14.9 Å². The molecular weight excluding hydrogens is 290 g/mol. The van der Waals surface area contributed by atoms with E-state index in [0.29, 0.717) is 26.1 Å². The third kappa shape index (κ3) is 11.2. The molecule has 0 aliphatic rings. The van der Waals surface area contributed by atoms with Crippen LogP contribution in [0.15, 0.2) is 42.2 Å². The molecule has 1 aromatic rings. The number of aliphatic carboxylic acids is 1. The quantitative estimate of drug-likeness (QED) is 0.404. The Balaban J connectivity index is 0.000000626.